The minimum absolute atomic E-state index is 0.223. The second kappa shape index (κ2) is 9.75. The fourth-order valence-corrected chi connectivity index (χ4v) is 3.92. The Balaban J connectivity index is 1.69. The van der Waals surface area contributed by atoms with E-state index >= 15 is 0 Å². The van der Waals surface area contributed by atoms with Gasteiger partial charge in [0.25, 0.3) is 0 Å². The molecule has 2 aromatic carbocycles. The van der Waals surface area contributed by atoms with Crippen molar-refractivity contribution in [2.24, 2.45) is 7.05 Å². The first kappa shape index (κ1) is 21.8. The Hall–Kier alpha value is -2.87. The van der Waals surface area contributed by atoms with Crippen molar-refractivity contribution in [3.8, 4) is 11.4 Å². The number of hydrogen-bond donors (Lipinski definition) is 1. The molecule has 1 unspecified atom stereocenters. The highest BCUT2D eigenvalue weighted by molar-refractivity contribution is 8.00. The summed E-state index contributed by atoms with van der Waals surface area (Å²) in [5.74, 6) is 0.123. The molecule has 8 heteroatoms. The smallest absolute Gasteiger partial charge is 0.237 e. The lowest BCUT2D eigenvalue weighted by molar-refractivity contribution is -0.115. The number of anilines is 2. The van der Waals surface area contributed by atoms with E-state index in [-0.39, 0.29) is 5.91 Å². The largest absolute Gasteiger partial charge is 0.372 e. The van der Waals surface area contributed by atoms with Crippen molar-refractivity contribution in [1.82, 2.24) is 14.8 Å². The van der Waals surface area contributed by atoms with Gasteiger partial charge in [0.15, 0.2) is 11.0 Å². The Labute approximate surface area is 180 Å². The van der Waals surface area contributed by atoms with Crippen LogP contribution >= 0.6 is 11.8 Å². The summed E-state index contributed by atoms with van der Waals surface area (Å²) in [5.41, 5.74) is 2.56. The van der Waals surface area contributed by atoms with Gasteiger partial charge in [0.1, 0.15) is 5.82 Å². The summed E-state index contributed by atoms with van der Waals surface area (Å²) in [4.78, 5) is 14.7. The molecule has 30 heavy (non-hydrogen) atoms. The zero-order valence-electron chi connectivity index (χ0n) is 17.6. The van der Waals surface area contributed by atoms with Gasteiger partial charge in [-0.05, 0) is 63.2 Å². The topological polar surface area (TPSA) is 63.1 Å². The summed E-state index contributed by atoms with van der Waals surface area (Å²) in [6.45, 7) is 7.96. The van der Waals surface area contributed by atoms with E-state index in [2.05, 4.69) is 46.4 Å². The molecule has 1 heterocycles. The number of carbonyl (C=O) groups is 1. The summed E-state index contributed by atoms with van der Waals surface area (Å²) < 4.78 is 15.2. The molecule has 0 saturated carbocycles. The molecule has 1 aromatic heterocycles. The molecule has 0 radical (unpaired) electrons. The van der Waals surface area contributed by atoms with Gasteiger partial charge in [-0.15, -0.1) is 10.2 Å². The van der Waals surface area contributed by atoms with Gasteiger partial charge in [0, 0.05) is 37.1 Å². The van der Waals surface area contributed by atoms with E-state index in [4.69, 9.17) is 0 Å². The van der Waals surface area contributed by atoms with Crippen molar-refractivity contribution < 1.29 is 9.18 Å². The molecule has 0 saturated heterocycles. The maximum Gasteiger partial charge on any atom is 0.237 e. The van der Waals surface area contributed by atoms with Crippen LogP contribution < -0.4 is 10.2 Å². The van der Waals surface area contributed by atoms with Crippen LogP contribution in [0.15, 0.2) is 53.7 Å². The maximum atomic E-state index is 13.3. The number of halogens is 1. The zero-order chi connectivity index (χ0) is 21.7. The van der Waals surface area contributed by atoms with E-state index < -0.39 is 11.1 Å². The quantitative estimate of drug-likeness (QED) is 0.533. The third-order valence-corrected chi connectivity index (χ3v) is 5.97. The van der Waals surface area contributed by atoms with Crippen molar-refractivity contribution in [2.45, 2.75) is 31.2 Å². The number of thioether (sulfide) groups is 1. The number of hydrogen-bond acceptors (Lipinski definition) is 5. The van der Waals surface area contributed by atoms with Crippen LogP contribution in [-0.4, -0.2) is 39.0 Å². The molecule has 1 amide bonds. The van der Waals surface area contributed by atoms with Crippen molar-refractivity contribution in [3.05, 3.63) is 54.3 Å². The highest BCUT2D eigenvalue weighted by atomic mass is 32.2. The minimum atomic E-state index is -0.422. The highest BCUT2D eigenvalue weighted by Gasteiger charge is 2.20. The third kappa shape index (κ3) is 4.99. The first-order chi connectivity index (χ1) is 14.4. The van der Waals surface area contributed by atoms with Gasteiger partial charge in [-0.25, -0.2) is 4.39 Å². The van der Waals surface area contributed by atoms with Crippen LogP contribution in [0.2, 0.25) is 0 Å². The number of amides is 1. The first-order valence-electron chi connectivity index (χ1n) is 9.90. The average molecular weight is 428 g/mol. The molecular weight excluding hydrogens is 401 g/mol. The fourth-order valence-electron chi connectivity index (χ4n) is 3.10. The lowest BCUT2D eigenvalue weighted by Gasteiger charge is -2.21. The van der Waals surface area contributed by atoms with Crippen molar-refractivity contribution >= 4 is 29.0 Å². The van der Waals surface area contributed by atoms with Gasteiger partial charge in [-0.1, -0.05) is 17.8 Å². The van der Waals surface area contributed by atoms with Gasteiger partial charge in [-0.2, -0.15) is 0 Å². The van der Waals surface area contributed by atoms with Gasteiger partial charge in [0.2, 0.25) is 5.91 Å². The number of nitrogens with zero attached hydrogens (tertiary/aromatic N) is 4. The number of aromatic nitrogens is 3. The Kier molecular flexibility index (Phi) is 7.10. The fraction of sp³-hybridized carbons (Fsp3) is 0.318. The van der Waals surface area contributed by atoms with Crippen LogP contribution in [0.25, 0.3) is 11.4 Å². The predicted molar refractivity (Wildman–Crippen MR) is 120 cm³/mol. The van der Waals surface area contributed by atoms with Gasteiger partial charge < -0.3 is 14.8 Å². The van der Waals surface area contributed by atoms with Gasteiger partial charge >= 0.3 is 0 Å². The summed E-state index contributed by atoms with van der Waals surface area (Å²) in [6, 6.07) is 14.1. The molecule has 0 aliphatic rings. The molecule has 1 atom stereocenters. The van der Waals surface area contributed by atoms with E-state index in [1.807, 2.05) is 23.7 Å². The number of nitrogens with one attached hydrogen (secondary N) is 1. The SMILES string of the molecule is CCN(CC)c1ccc(-c2nnc(SC(C)C(=O)Nc3cccc(F)c3)n2C)cc1. The second-order valence-electron chi connectivity index (χ2n) is 6.84. The van der Waals surface area contributed by atoms with Gasteiger partial charge in [-0.3, -0.25) is 4.79 Å². The molecule has 0 spiro atoms. The van der Waals surface area contributed by atoms with E-state index in [0.29, 0.717) is 10.8 Å². The molecule has 0 aliphatic heterocycles. The summed E-state index contributed by atoms with van der Waals surface area (Å²) >= 11 is 1.31. The molecule has 0 aliphatic carbocycles. The third-order valence-electron chi connectivity index (χ3n) is 4.83. The van der Waals surface area contributed by atoms with Crippen LogP contribution in [0.5, 0.6) is 0 Å². The molecule has 1 N–H and O–H groups in total. The van der Waals surface area contributed by atoms with Crippen LogP contribution in [0.1, 0.15) is 20.8 Å². The molecule has 3 rings (SSSR count). The Morgan fingerprint density at radius 1 is 1.17 bits per heavy atom. The van der Waals surface area contributed by atoms with Crippen LogP contribution in [0.4, 0.5) is 15.8 Å². The normalized spacial score (nSPS) is 11.9. The highest BCUT2D eigenvalue weighted by Crippen LogP contribution is 2.27. The second-order valence-corrected chi connectivity index (χ2v) is 8.15. The number of carbonyl (C=O) groups excluding carboxylic acids is 1. The van der Waals surface area contributed by atoms with E-state index in [9.17, 15) is 9.18 Å². The number of benzene rings is 2. The van der Waals surface area contributed by atoms with E-state index in [0.717, 1.165) is 24.5 Å². The van der Waals surface area contributed by atoms with E-state index in [1.165, 1.54) is 29.6 Å². The zero-order valence-corrected chi connectivity index (χ0v) is 18.4. The van der Waals surface area contributed by atoms with Crippen molar-refractivity contribution in [1.29, 1.82) is 0 Å². The summed E-state index contributed by atoms with van der Waals surface area (Å²) in [6.07, 6.45) is 0. The molecule has 6 nitrogen and oxygen atoms in total. The minimum Gasteiger partial charge on any atom is -0.372 e. The van der Waals surface area contributed by atoms with Crippen LogP contribution in [-0.2, 0) is 11.8 Å². The Bertz CT molecular complexity index is 1000. The summed E-state index contributed by atoms with van der Waals surface area (Å²) in [7, 11) is 1.88. The monoisotopic (exact) mass is 427 g/mol. The lowest BCUT2D eigenvalue weighted by atomic mass is 10.2. The van der Waals surface area contributed by atoms with Gasteiger partial charge in [0.05, 0.1) is 5.25 Å². The Morgan fingerprint density at radius 3 is 2.50 bits per heavy atom. The lowest BCUT2D eigenvalue weighted by Crippen LogP contribution is -2.22. The van der Waals surface area contributed by atoms with Crippen LogP contribution in [0.3, 0.4) is 0 Å². The average Bonchev–Trinajstić information content (AvgIpc) is 3.09. The van der Waals surface area contributed by atoms with Crippen molar-refractivity contribution in [2.75, 3.05) is 23.3 Å². The summed E-state index contributed by atoms with van der Waals surface area (Å²) in [5, 5.41) is 11.5. The molecule has 0 fully saturated rings. The molecule has 158 valence electrons. The molecule has 3 aromatic rings. The molecular formula is C22H26FN5OS. The number of rotatable bonds is 8. The molecule has 0 bridgehead atoms. The van der Waals surface area contributed by atoms with E-state index in [1.54, 1.807) is 19.1 Å². The van der Waals surface area contributed by atoms with Crippen molar-refractivity contribution in [3.63, 3.8) is 0 Å². The maximum absolute atomic E-state index is 13.3. The Morgan fingerprint density at radius 2 is 1.87 bits per heavy atom. The first-order valence-corrected chi connectivity index (χ1v) is 10.8. The standard InChI is InChI=1S/C22H26FN5OS/c1-5-28(6-2)19-12-10-16(11-13-19)20-25-26-22(27(20)4)30-15(3)21(29)24-18-9-7-8-17(23)14-18/h7-15H,5-6H2,1-4H3,(H,24,29). The van der Waals surface area contributed by atoms with Crippen LogP contribution in [0, 0.1) is 5.82 Å². The predicted octanol–water partition coefficient (Wildman–Crippen LogP) is 4.59.